The lowest BCUT2D eigenvalue weighted by Crippen LogP contribution is -2.26. The first-order valence-electron chi connectivity index (χ1n) is 10.9. The van der Waals surface area contributed by atoms with Crippen LogP contribution in [0.4, 0.5) is 5.69 Å². The molecule has 0 fully saturated rings. The highest BCUT2D eigenvalue weighted by molar-refractivity contribution is 8.04. The Hall–Kier alpha value is -3.71. The van der Waals surface area contributed by atoms with Crippen LogP contribution in [0.15, 0.2) is 70.5 Å². The van der Waals surface area contributed by atoms with Crippen LogP contribution >= 0.6 is 11.8 Å². The van der Waals surface area contributed by atoms with Gasteiger partial charge in [0.25, 0.3) is 11.8 Å². The molecule has 0 unspecified atom stereocenters. The summed E-state index contributed by atoms with van der Waals surface area (Å²) in [5.74, 6) is 1.06. The Bertz CT molecular complexity index is 1270. The molecular formula is C27H26N2O4S. The Balaban J connectivity index is 1.41. The second-order valence-corrected chi connectivity index (χ2v) is 8.96. The van der Waals surface area contributed by atoms with Gasteiger partial charge in [-0.05, 0) is 54.8 Å². The van der Waals surface area contributed by atoms with Gasteiger partial charge in [-0.1, -0.05) is 47.7 Å². The summed E-state index contributed by atoms with van der Waals surface area (Å²) in [6.45, 7) is 2.47. The van der Waals surface area contributed by atoms with Crippen molar-refractivity contribution >= 4 is 35.3 Å². The monoisotopic (exact) mass is 474 g/mol. The number of methoxy groups -OCH3 is 2. The van der Waals surface area contributed by atoms with Gasteiger partial charge in [0.15, 0.2) is 0 Å². The van der Waals surface area contributed by atoms with Gasteiger partial charge in [0.2, 0.25) is 0 Å². The van der Waals surface area contributed by atoms with Crippen LogP contribution in [0, 0.1) is 6.92 Å². The number of anilines is 1. The number of hydrogen-bond acceptors (Lipinski definition) is 5. The van der Waals surface area contributed by atoms with Crippen LogP contribution in [0.2, 0.25) is 0 Å². The van der Waals surface area contributed by atoms with Gasteiger partial charge in [-0.2, -0.15) is 0 Å². The van der Waals surface area contributed by atoms with Gasteiger partial charge >= 0.3 is 0 Å². The fourth-order valence-corrected chi connectivity index (χ4v) is 4.62. The number of benzene rings is 3. The van der Waals surface area contributed by atoms with E-state index in [-0.39, 0.29) is 11.8 Å². The quantitative estimate of drug-likeness (QED) is 0.468. The molecule has 34 heavy (non-hydrogen) atoms. The van der Waals surface area contributed by atoms with E-state index < -0.39 is 0 Å². The molecule has 3 aromatic carbocycles. The molecule has 6 nitrogen and oxygen atoms in total. The molecular weight excluding hydrogens is 448 g/mol. The zero-order valence-corrected chi connectivity index (χ0v) is 20.1. The lowest BCUT2D eigenvalue weighted by atomic mass is 10.1. The highest BCUT2D eigenvalue weighted by Crippen LogP contribution is 2.39. The number of ether oxygens (including phenoxy) is 2. The minimum atomic E-state index is -0.198. The van der Waals surface area contributed by atoms with E-state index in [0.29, 0.717) is 29.1 Å². The summed E-state index contributed by atoms with van der Waals surface area (Å²) >= 11 is 1.40. The molecule has 0 saturated heterocycles. The molecule has 0 bridgehead atoms. The third-order valence-corrected chi connectivity index (χ3v) is 6.55. The Morgan fingerprint density at radius 3 is 2.68 bits per heavy atom. The first-order chi connectivity index (χ1) is 16.5. The number of thioether (sulfide) groups is 1. The van der Waals surface area contributed by atoms with Crippen molar-refractivity contribution in [1.82, 2.24) is 5.32 Å². The first kappa shape index (κ1) is 23.4. The lowest BCUT2D eigenvalue weighted by molar-refractivity contribution is -0.112. The van der Waals surface area contributed by atoms with Gasteiger partial charge in [-0.3, -0.25) is 9.59 Å². The number of rotatable bonds is 7. The maximum Gasteiger partial charge on any atom is 0.262 e. The van der Waals surface area contributed by atoms with Crippen LogP contribution in [0.1, 0.15) is 27.0 Å². The zero-order chi connectivity index (χ0) is 24.1. The molecule has 0 atom stereocenters. The van der Waals surface area contributed by atoms with E-state index in [1.54, 1.807) is 26.4 Å². The smallest absolute Gasteiger partial charge is 0.262 e. The molecule has 174 valence electrons. The number of carbonyl (C=O) groups excluding carboxylic acids is 2. The van der Waals surface area contributed by atoms with Gasteiger partial charge in [-0.15, -0.1) is 0 Å². The van der Waals surface area contributed by atoms with Crippen LogP contribution in [-0.4, -0.2) is 32.6 Å². The molecule has 7 heteroatoms. The summed E-state index contributed by atoms with van der Waals surface area (Å²) in [5, 5.41) is 5.85. The van der Waals surface area contributed by atoms with E-state index in [1.165, 1.54) is 11.8 Å². The number of aryl methyl sites for hydroxylation is 1. The summed E-state index contributed by atoms with van der Waals surface area (Å²) in [6.07, 6.45) is 2.49. The van der Waals surface area contributed by atoms with Gasteiger partial charge < -0.3 is 20.1 Å². The Morgan fingerprint density at radius 2 is 1.91 bits per heavy atom. The third kappa shape index (κ3) is 5.43. The van der Waals surface area contributed by atoms with Crippen molar-refractivity contribution in [2.24, 2.45) is 0 Å². The molecule has 0 aromatic heterocycles. The molecule has 1 aliphatic rings. The van der Waals surface area contributed by atoms with E-state index >= 15 is 0 Å². The van der Waals surface area contributed by atoms with E-state index in [1.807, 2.05) is 61.5 Å². The fourth-order valence-electron chi connectivity index (χ4n) is 3.68. The topological polar surface area (TPSA) is 76.7 Å². The van der Waals surface area contributed by atoms with Crippen LogP contribution in [0.5, 0.6) is 11.5 Å². The molecule has 3 aromatic rings. The van der Waals surface area contributed by atoms with E-state index in [2.05, 4.69) is 10.6 Å². The highest BCUT2D eigenvalue weighted by Gasteiger charge is 2.22. The Morgan fingerprint density at radius 1 is 1.06 bits per heavy atom. The van der Waals surface area contributed by atoms with Crippen molar-refractivity contribution in [1.29, 1.82) is 0 Å². The highest BCUT2D eigenvalue weighted by atomic mass is 32.2. The average molecular weight is 475 g/mol. The molecule has 0 saturated carbocycles. The van der Waals surface area contributed by atoms with E-state index in [0.717, 1.165) is 33.1 Å². The molecule has 1 aliphatic heterocycles. The van der Waals surface area contributed by atoms with Crippen LogP contribution in [0.3, 0.4) is 0 Å². The van der Waals surface area contributed by atoms with E-state index in [9.17, 15) is 9.59 Å². The normalized spacial score (nSPS) is 13.7. The second kappa shape index (κ2) is 10.5. The van der Waals surface area contributed by atoms with Crippen molar-refractivity contribution in [3.8, 4) is 11.5 Å². The van der Waals surface area contributed by atoms with Crippen molar-refractivity contribution < 1.29 is 19.1 Å². The number of amides is 2. The Labute approximate surface area is 203 Å². The number of fused-ring (bicyclic) bond motifs is 1. The van der Waals surface area contributed by atoms with Crippen LogP contribution in [0.25, 0.3) is 6.08 Å². The second-order valence-electron chi connectivity index (χ2n) is 7.87. The molecule has 2 N–H and O–H groups in total. The summed E-state index contributed by atoms with van der Waals surface area (Å²) in [4.78, 5) is 26.9. The van der Waals surface area contributed by atoms with Crippen molar-refractivity contribution in [3.05, 3.63) is 87.8 Å². The number of hydrogen-bond donors (Lipinski definition) is 2. The lowest BCUT2D eigenvalue weighted by Gasteiger charge is -2.19. The van der Waals surface area contributed by atoms with Crippen molar-refractivity contribution in [3.63, 3.8) is 0 Å². The minimum Gasteiger partial charge on any atom is -0.497 e. The molecule has 0 spiro atoms. The minimum absolute atomic E-state index is 0.178. The Kier molecular flexibility index (Phi) is 7.23. The molecule has 2 amide bonds. The predicted molar refractivity (Wildman–Crippen MR) is 136 cm³/mol. The largest absolute Gasteiger partial charge is 0.497 e. The third-order valence-electron chi connectivity index (χ3n) is 5.45. The maximum atomic E-state index is 12.7. The average Bonchev–Trinajstić information content (AvgIpc) is 2.84. The van der Waals surface area contributed by atoms with Gasteiger partial charge in [0.1, 0.15) is 11.5 Å². The predicted octanol–water partition coefficient (Wildman–Crippen LogP) is 5.07. The number of carbonyl (C=O) groups is 2. The summed E-state index contributed by atoms with van der Waals surface area (Å²) in [6, 6.07) is 19.0. The van der Waals surface area contributed by atoms with Gasteiger partial charge in [0, 0.05) is 23.1 Å². The summed E-state index contributed by atoms with van der Waals surface area (Å²) in [7, 11) is 3.22. The van der Waals surface area contributed by atoms with Gasteiger partial charge in [-0.25, -0.2) is 0 Å². The standard InChI is InChI=1S/C27H26N2O4S/c1-17-5-4-6-18(13-17)14-25-27(31)29-22-15-20(8-10-24(22)34-25)26(30)28-12-11-19-7-9-21(32-2)16-23(19)33-3/h4-10,13-16H,11-12H2,1-3H3,(H,28,30)(H,29,31)/b25-14-. The molecule has 0 radical (unpaired) electrons. The first-order valence-corrected chi connectivity index (χ1v) is 11.7. The molecule has 4 rings (SSSR count). The SMILES string of the molecule is COc1ccc(CCNC(=O)c2ccc3c(c2)NC(=O)/C(=C/c2cccc(C)c2)S3)c(OC)c1. The molecule has 1 heterocycles. The van der Waals surface area contributed by atoms with Crippen LogP contribution in [-0.2, 0) is 11.2 Å². The molecule has 0 aliphatic carbocycles. The van der Waals surface area contributed by atoms with E-state index in [4.69, 9.17) is 9.47 Å². The number of nitrogens with one attached hydrogen (secondary N) is 2. The van der Waals surface area contributed by atoms with Gasteiger partial charge in [0.05, 0.1) is 24.8 Å². The van der Waals surface area contributed by atoms with Crippen molar-refractivity contribution in [2.75, 3.05) is 26.1 Å². The summed E-state index contributed by atoms with van der Waals surface area (Å²) < 4.78 is 10.6. The van der Waals surface area contributed by atoms with Crippen LogP contribution < -0.4 is 20.1 Å². The maximum absolute atomic E-state index is 12.7. The summed E-state index contributed by atoms with van der Waals surface area (Å²) in [5.41, 5.74) is 4.22. The zero-order valence-electron chi connectivity index (χ0n) is 19.3. The van der Waals surface area contributed by atoms with Crippen molar-refractivity contribution in [2.45, 2.75) is 18.2 Å². The fraction of sp³-hybridized carbons (Fsp3) is 0.185.